The van der Waals surface area contributed by atoms with E-state index < -0.39 is 90.6 Å². The van der Waals surface area contributed by atoms with E-state index in [1.165, 1.54) is 6.92 Å². The summed E-state index contributed by atoms with van der Waals surface area (Å²) in [6, 6.07) is 14.6. The van der Waals surface area contributed by atoms with Crippen molar-refractivity contribution in [3.63, 3.8) is 0 Å². The molecule has 0 unspecified atom stereocenters. The third-order valence-electron chi connectivity index (χ3n) is 11.2. The van der Waals surface area contributed by atoms with Gasteiger partial charge in [-0.25, -0.2) is 0 Å². The maximum absolute atomic E-state index is 14.6. The topological polar surface area (TPSA) is 353 Å². The zero-order valence-corrected chi connectivity index (χ0v) is 39.2. The van der Waals surface area contributed by atoms with Gasteiger partial charge in [0.2, 0.25) is 47.3 Å². The molecule has 0 bridgehead atoms. The number of carbonyl (C=O) groups excluding carboxylic acids is 8. The van der Waals surface area contributed by atoms with Crippen molar-refractivity contribution in [2.45, 2.75) is 108 Å². The van der Waals surface area contributed by atoms with Gasteiger partial charge in [-0.05, 0) is 73.0 Å². The molecule has 0 saturated carbocycles. The van der Waals surface area contributed by atoms with Crippen molar-refractivity contribution in [3.8, 4) is 0 Å². The van der Waals surface area contributed by atoms with Crippen LogP contribution in [0.1, 0.15) is 76.3 Å². The maximum atomic E-state index is 14.6. The van der Waals surface area contributed by atoms with Crippen molar-refractivity contribution in [2.75, 3.05) is 26.2 Å². The maximum Gasteiger partial charge on any atom is 0.243 e. The minimum absolute atomic E-state index is 0.00858. The monoisotopic (exact) mass is 954 g/mol. The highest BCUT2D eigenvalue weighted by Gasteiger charge is 2.32. The first-order valence-electron chi connectivity index (χ1n) is 23.2. The number of para-hydroxylation sites is 1. The molecule has 5 atom stereocenters. The Hall–Kier alpha value is -7.55. The van der Waals surface area contributed by atoms with Gasteiger partial charge in [0.25, 0.3) is 0 Å². The number of unbranched alkanes of at least 4 members (excludes halogenated alkanes) is 2. The Morgan fingerprint density at radius 3 is 1.87 bits per heavy atom. The molecule has 21 nitrogen and oxygen atoms in total. The fourth-order valence-electron chi connectivity index (χ4n) is 7.65. The van der Waals surface area contributed by atoms with Crippen LogP contribution >= 0.6 is 0 Å². The lowest BCUT2D eigenvalue weighted by atomic mass is 9.99. The van der Waals surface area contributed by atoms with Gasteiger partial charge in [-0.2, -0.15) is 0 Å². The van der Waals surface area contributed by atoms with Gasteiger partial charge in [-0.15, -0.1) is 0 Å². The number of aliphatic imine (C=N–C) groups is 1. The Kier molecular flexibility index (Phi) is 21.9. The zero-order valence-electron chi connectivity index (χ0n) is 39.2. The van der Waals surface area contributed by atoms with Crippen molar-refractivity contribution in [3.05, 3.63) is 84.1 Å². The molecule has 4 rings (SSSR count). The summed E-state index contributed by atoms with van der Waals surface area (Å²) in [5, 5.41) is 21.2. The number of guanidine groups is 1. The van der Waals surface area contributed by atoms with E-state index >= 15 is 0 Å². The van der Waals surface area contributed by atoms with Crippen molar-refractivity contribution in [2.24, 2.45) is 27.9 Å². The molecule has 0 fully saturated rings. The van der Waals surface area contributed by atoms with Gasteiger partial charge in [-0.3, -0.25) is 43.3 Å². The van der Waals surface area contributed by atoms with E-state index in [9.17, 15) is 38.4 Å². The second-order valence-corrected chi connectivity index (χ2v) is 16.8. The highest BCUT2D eigenvalue weighted by atomic mass is 16.2. The van der Waals surface area contributed by atoms with Crippen LogP contribution in [0.5, 0.6) is 0 Å². The van der Waals surface area contributed by atoms with Crippen molar-refractivity contribution >= 4 is 74.9 Å². The fourth-order valence-corrected chi connectivity index (χ4v) is 7.65. The Bertz CT molecular complexity index is 2440. The zero-order chi connectivity index (χ0) is 50.3. The number of nitrogens with one attached hydrogen (secondary N) is 8. The predicted octanol–water partition coefficient (Wildman–Crippen LogP) is -0.359. The molecule has 1 aromatic heterocycles. The molecule has 0 spiro atoms. The highest BCUT2D eigenvalue weighted by molar-refractivity contribution is 5.97. The smallest absolute Gasteiger partial charge is 0.243 e. The van der Waals surface area contributed by atoms with Crippen LogP contribution in [0.2, 0.25) is 0 Å². The summed E-state index contributed by atoms with van der Waals surface area (Å²) in [5.74, 6) is -5.57. The van der Waals surface area contributed by atoms with Crippen LogP contribution in [0.3, 0.4) is 0 Å². The predicted molar refractivity (Wildman–Crippen MR) is 263 cm³/mol. The number of fused-ring (bicyclic) bond motifs is 2. The fraction of sp³-hybridized carbons (Fsp3) is 0.438. The normalized spacial score (nSPS) is 13.1. The van der Waals surface area contributed by atoms with Gasteiger partial charge in [-0.1, -0.05) is 80.4 Å². The Balaban J connectivity index is 1.63. The van der Waals surface area contributed by atoms with Gasteiger partial charge in [0, 0.05) is 43.4 Å². The third-order valence-corrected chi connectivity index (χ3v) is 11.2. The van der Waals surface area contributed by atoms with Gasteiger partial charge >= 0.3 is 0 Å². The molecule has 16 N–H and O–H groups in total. The molecule has 0 aliphatic heterocycles. The number of nitrogens with two attached hydrogens (primary N) is 4. The second kappa shape index (κ2) is 27.9. The average molecular weight is 954 g/mol. The van der Waals surface area contributed by atoms with Crippen LogP contribution < -0.4 is 60.2 Å². The number of amides is 8. The summed E-state index contributed by atoms with van der Waals surface area (Å²) in [6.07, 6.45) is 4.72. The SMILES string of the molecule is CCCC[C@H](NC(C)=O)C(=O)NCC(=O)N[C@@H](CCCCN)C(=O)N[C@H](Cc1ccc2ccccc2c1)C(=O)N[C@@H](CCCN=C(N)N)C(=O)N[C@@H](Cc1c[nH]c2ccccc12)C(=O)NCC(N)=O. The van der Waals surface area contributed by atoms with Crippen molar-refractivity contribution in [1.29, 1.82) is 0 Å². The molecule has 4 aromatic rings. The van der Waals surface area contributed by atoms with E-state index in [1.807, 2.05) is 73.7 Å². The van der Waals surface area contributed by atoms with Crippen LogP contribution in [0, 0.1) is 0 Å². The third kappa shape index (κ3) is 18.2. The molecule has 8 amide bonds. The summed E-state index contributed by atoms with van der Waals surface area (Å²) in [5.41, 5.74) is 24.3. The summed E-state index contributed by atoms with van der Waals surface area (Å²) in [7, 11) is 0. The number of hydrogen-bond donors (Lipinski definition) is 12. The van der Waals surface area contributed by atoms with E-state index in [-0.39, 0.29) is 44.6 Å². The molecule has 21 heteroatoms. The number of carbonyl (C=O) groups is 8. The molecule has 0 aliphatic rings. The first kappa shape index (κ1) is 54.1. The molecule has 1 heterocycles. The van der Waals surface area contributed by atoms with E-state index in [0.29, 0.717) is 43.4 Å². The summed E-state index contributed by atoms with van der Waals surface area (Å²) in [6.45, 7) is 2.65. The molecule has 372 valence electrons. The van der Waals surface area contributed by atoms with Gasteiger partial charge in [0.15, 0.2) is 5.96 Å². The van der Waals surface area contributed by atoms with Crippen LogP contribution in [-0.2, 0) is 51.2 Å². The summed E-state index contributed by atoms with van der Waals surface area (Å²) in [4.78, 5) is 114. The lowest BCUT2D eigenvalue weighted by Crippen LogP contribution is -2.59. The molecular formula is C48H67N13O8. The average Bonchev–Trinajstić information content (AvgIpc) is 3.73. The Labute approximate surface area is 400 Å². The number of primary amides is 1. The number of H-pyrrole nitrogens is 1. The highest BCUT2D eigenvalue weighted by Crippen LogP contribution is 2.20. The summed E-state index contributed by atoms with van der Waals surface area (Å²) >= 11 is 0. The van der Waals surface area contributed by atoms with Gasteiger partial charge in [0.05, 0.1) is 13.1 Å². The first-order valence-corrected chi connectivity index (χ1v) is 23.2. The molecular weight excluding hydrogens is 887 g/mol. The molecule has 3 aromatic carbocycles. The molecule has 0 aliphatic carbocycles. The Morgan fingerprint density at radius 2 is 1.19 bits per heavy atom. The number of nitrogens with zero attached hydrogens (tertiary/aromatic N) is 1. The lowest BCUT2D eigenvalue weighted by molar-refractivity contribution is -0.135. The number of aromatic nitrogens is 1. The van der Waals surface area contributed by atoms with Crippen LogP contribution in [-0.4, -0.2) is 115 Å². The van der Waals surface area contributed by atoms with E-state index in [4.69, 9.17) is 22.9 Å². The molecule has 69 heavy (non-hydrogen) atoms. The number of benzene rings is 3. The number of rotatable bonds is 29. The van der Waals surface area contributed by atoms with Gasteiger partial charge in [0.1, 0.15) is 30.2 Å². The van der Waals surface area contributed by atoms with Crippen molar-refractivity contribution in [1.82, 2.24) is 42.2 Å². The second-order valence-electron chi connectivity index (χ2n) is 16.8. The minimum Gasteiger partial charge on any atom is -0.370 e. The summed E-state index contributed by atoms with van der Waals surface area (Å²) < 4.78 is 0. The largest absolute Gasteiger partial charge is 0.370 e. The standard InChI is InChI=1S/C48H67N13O8/c1-3-4-15-36(57-29(2)62)43(65)56-28-42(64)58-37(17-9-10-21-49)45(67)60-39(24-30-19-20-31-12-5-6-13-32(31)23-30)47(69)59-38(18-11-22-53-48(51)52)46(68)61-40(44(66)55-27-41(50)63)25-33-26-54-35-16-8-7-14-34(33)35/h5-8,12-14,16,19-20,23,26,36-40,54H,3-4,9-11,15,17-18,21-22,24-25,27-28,49H2,1-2H3,(H2,50,63)(H,55,66)(H,56,65)(H,57,62)(H,58,64)(H,59,69)(H,60,67)(H,61,68)(H4,51,52,53)/t36-,37-,38-,39+,40-/m0/s1. The van der Waals surface area contributed by atoms with Crippen LogP contribution in [0.25, 0.3) is 21.7 Å². The minimum atomic E-state index is -1.32. The van der Waals surface area contributed by atoms with E-state index in [2.05, 4.69) is 47.2 Å². The van der Waals surface area contributed by atoms with E-state index in [0.717, 1.165) is 28.1 Å². The van der Waals surface area contributed by atoms with E-state index in [1.54, 1.807) is 6.20 Å². The molecule has 0 saturated heterocycles. The number of hydrogen-bond acceptors (Lipinski definition) is 10. The Morgan fingerprint density at radius 1 is 0.609 bits per heavy atom. The van der Waals surface area contributed by atoms with Crippen molar-refractivity contribution < 1.29 is 38.4 Å². The first-order chi connectivity index (χ1) is 33.1. The molecule has 0 radical (unpaired) electrons. The van der Waals surface area contributed by atoms with Crippen LogP contribution in [0.15, 0.2) is 77.9 Å². The number of aromatic amines is 1. The lowest BCUT2D eigenvalue weighted by Gasteiger charge is -2.27. The quantitative estimate of drug-likeness (QED) is 0.0189. The van der Waals surface area contributed by atoms with Gasteiger partial charge < -0.3 is 65.1 Å². The van der Waals surface area contributed by atoms with Crippen LogP contribution in [0.4, 0.5) is 0 Å².